The number of carboxylic acids is 1. The minimum Gasteiger partial charge on any atom is -0.483 e. The average Bonchev–Trinajstić information content (AvgIpc) is 2.46. The van der Waals surface area contributed by atoms with E-state index in [1.54, 1.807) is 25.1 Å². The molecule has 0 bridgehead atoms. The van der Waals surface area contributed by atoms with E-state index in [0.717, 1.165) is 5.56 Å². The van der Waals surface area contributed by atoms with Crippen molar-refractivity contribution in [2.24, 2.45) is 0 Å². The van der Waals surface area contributed by atoms with E-state index in [1.807, 2.05) is 20.8 Å². The molecule has 0 saturated carbocycles. The summed E-state index contributed by atoms with van der Waals surface area (Å²) in [6, 6.07) is 4.11. The number of rotatable bonds is 8. The first-order chi connectivity index (χ1) is 11.1. The van der Waals surface area contributed by atoms with Gasteiger partial charge in [0.1, 0.15) is 11.8 Å². The number of ether oxygens (including phenoxy) is 2. The fraction of sp³-hybridized carbons (Fsp3) is 0.529. The molecule has 0 saturated heterocycles. The SMILES string of the molecule is Cc1c(Cl)cccc1OCC(=O)NC(CCOC(C)(C)C)C(=O)O. The van der Waals surface area contributed by atoms with Crippen LogP contribution in [0.25, 0.3) is 0 Å². The predicted octanol–water partition coefficient (Wildman–Crippen LogP) is 2.80. The lowest BCUT2D eigenvalue weighted by atomic mass is 10.2. The van der Waals surface area contributed by atoms with Crippen molar-refractivity contribution in [1.29, 1.82) is 0 Å². The topological polar surface area (TPSA) is 84.9 Å². The number of hydrogen-bond donors (Lipinski definition) is 2. The molecule has 1 unspecified atom stereocenters. The molecule has 0 heterocycles. The number of amides is 1. The molecule has 0 aliphatic rings. The molecule has 1 atom stereocenters. The van der Waals surface area contributed by atoms with Crippen LogP contribution in [0.2, 0.25) is 5.02 Å². The summed E-state index contributed by atoms with van der Waals surface area (Å²) >= 11 is 5.98. The van der Waals surface area contributed by atoms with Gasteiger partial charge in [0.15, 0.2) is 6.61 Å². The van der Waals surface area contributed by atoms with E-state index in [1.165, 1.54) is 0 Å². The Morgan fingerprint density at radius 2 is 2.00 bits per heavy atom. The lowest BCUT2D eigenvalue weighted by Crippen LogP contribution is -2.44. The molecule has 0 fully saturated rings. The second kappa shape index (κ2) is 8.89. The van der Waals surface area contributed by atoms with Gasteiger partial charge >= 0.3 is 5.97 Å². The first kappa shape index (κ1) is 20.3. The zero-order chi connectivity index (χ0) is 18.3. The Kier molecular flexibility index (Phi) is 7.51. The van der Waals surface area contributed by atoms with Gasteiger partial charge in [-0.3, -0.25) is 4.79 Å². The number of carboxylic acid groups (broad SMARTS) is 1. The summed E-state index contributed by atoms with van der Waals surface area (Å²) in [5, 5.41) is 12.2. The van der Waals surface area contributed by atoms with Crippen LogP contribution in [0.15, 0.2) is 18.2 Å². The molecule has 0 aliphatic heterocycles. The quantitative estimate of drug-likeness (QED) is 0.747. The molecule has 0 aromatic heterocycles. The third kappa shape index (κ3) is 7.19. The lowest BCUT2D eigenvalue weighted by molar-refractivity contribution is -0.143. The molecular weight excluding hydrogens is 334 g/mol. The Balaban J connectivity index is 2.50. The maximum absolute atomic E-state index is 11.9. The number of carbonyl (C=O) groups excluding carboxylic acids is 1. The van der Waals surface area contributed by atoms with Crippen molar-refractivity contribution in [2.45, 2.75) is 45.8 Å². The van der Waals surface area contributed by atoms with Crippen LogP contribution < -0.4 is 10.1 Å². The van der Waals surface area contributed by atoms with Crippen LogP contribution >= 0.6 is 11.6 Å². The van der Waals surface area contributed by atoms with E-state index < -0.39 is 17.9 Å². The van der Waals surface area contributed by atoms with Gasteiger partial charge in [-0.05, 0) is 39.8 Å². The third-order valence-electron chi connectivity index (χ3n) is 3.15. The van der Waals surface area contributed by atoms with Gasteiger partial charge < -0.3 is 19.9 Å². The summed E-state index contributed by atoms with van der Waals surface area (Å²) in [5.41, 5.74) is 0.362. The highest BCUT2D eigenvalue weighted by Crippen LogP contribution is 2.24. The Hall–Kier alpha value is -1.79. The summed E-state index contributed by atoms with van der Waals surface area (Å²) in [6.45, 7) is 7.35. The summed E-state index contributed by atoms with van der Waals surface area (Å²) in [4.78, 5) is 23.1. The maximum Gasteiger partial charge on any atom is 0.326 e. The average molecular weight is 358 g/mol. The van der Waals surface area contributed by atoms with Gasteiger partial charge in [0.2, 0.25) is 0 Å². The van der Waals surface area contributed by atoms with Crippen LogP contribution in [0.1, 0.15) is 32.8 Å². The van der Waals surface area contributed by atoms with E-state index in [9.17, 15) is 14.7 Å². The van der Waals surface area contributed by atoms with Crippen molar-refractivity contribution < 1.29 is 24.2 Å². The highest BCUT2D eigenvalue weighted by molar-refractivity contribution is 6.31. The Bertz CT molecular complexity index is 583. The van der Waals surface area contributed by atoms with Gasteiger partial charge in [-0.2, -0.15) is 0 Å². The highest BCUT2D eigenvalue weighted by atomic mass is 35.5. The van der Waals surface area contributed by atoms with Crippen LogP contribution in [-0.4, -0.2) is 41.8 Å². The number of nitrogens with one attached hydrogen (secondary N) is 1. The molecule has 7 heteroatoms. The summed E-state index contributed by atoms with van der Waals surface area (Å²) in [5.74, 6) is -1.14. The van der Waals surface area contributed by atoms with Gasteiger partial charge in [0.05, 0.1) is 5.60 Å². The van der Waals surface area contributed by atoms with E-state index in [4.69, 9.17) is 21.1 Å². The molecule has 134 valence electrons. The van der Waals surface area contributed by atoms with E-state index in [-0.39, 0.29) is 25.2 Å². The van der Waals surface area contributed by atoms with Crippen molar-refractivity contribution in [3.63, 3.8) is 0 Å². The van der Waals surface area contributed by atoms with Crippen LogP contribution in [0, 0.1) is 6.92 Å². The van der Waals surface area contributed by atoms with Crippen molar-refractivity contribution in [1.82, 2.24) is 5.32 Å². The van der Waals surface area contributed by atoms with Crippen molar-refractivity contribution >= 4 is 23.5 Å². The van der Waals surface area contributed by atoms with Crippen molar-refractivity contribution in [3.05, 3.63) is 28.8 Å². The highest BCUT2D eigenvalue weighted by Gasteiger charge is 2.21. The molecule has 0 radical (unpaired) electrons. The second-order valence-corrected chi connectivity index (χ2v) is 6.77. The van der Waals surface area contributed by atoms with Crippen molar-refractivity contribution in [3.8, 4) is 5.75 Å². The number of halogens is 1. The van der Waals surface area contributed by atoms with Crippen LogP contribution in [-0.2, 0) is 14.3 Å². The van der Waals surface area contributed by atoms with Crippen molar-refractivity contribution in [2.75, 3.05) is 13.2 Å². The predicted molar refractivity (Wildman–Crippen MR) is 91.6 cm³/mol. The molecule has 1 rings (SSSR count). The standard InChI is InChI=1S/C17H24ClNO5/c1-11-12(18)6-5-7-14(11)23-10-15(20)19-13(16(21)22)8-9-24-17(2,3)4/h5-7,13H,8-10H2,1-4H3,(H,19,20)(H,21,22). The lowest BCUT2D eigenvalue weighted by Gasteiger charge is -2.21. The van der Waals surface area contributed by atoms with Gasteiger partial charge in [0, 0.05) is 23.6 Å². The Labute approximate surface area is 147 Å². The number of hydrogen-bond acceptors (Lipinski definition) is 4. The largest absolute Gasteiger partial charge is 0.483 e. The molecule has 1 amide bonds. The fourth-order valence-electron chi connectivity index (χ4n) is 1.86. The fourth-order valence-corrected chi connectivity index (χ4v) is 2.03. The van der Waals surface area contributed by atoms with Crippen LogP contribution in [0.3, 0.4) is 0 Å². The maximum atomic E-state index is 11.9. The van der Waals surface area contributed by atoms with Gasteiger partial charge in [-0.1, -0.05) is 17.7 Å². The molecular formula is C17H24ClNO5. The number of benzene rings is 1. The molecule has 1 aromatic rings. The normalized spacial score (nSPS) is 12.5. The second-order valence-electron chi connectivity index (χ2n) is 6.36. The van der Waals surface area contributed by atoms with E-state index >= 15 is 0 Å². The van der Waals surface area contributed by atoms with E-state index in [2.05, 4.69) is 5.32 Å². The van der Waals surface area contributed by atoms with Gasteiger partial charge in [-0.25, -0.2) is 4.79 Å². The summed E-state index contributed by atoms with van der Waals surface area (Å²) in [7, 11) is 0. The first-order valence-electron chi connectivity index (χ1n) is 7.64. The third-order valence-corrected chi connectivity index (χ3v) is 3.56. The monoisotopic (exact) mass is 357 g/mol. The molecule has 1 aromatic carbocycles. The Morgan fingerprint density at radius 1 is 1.33 bits per heavy atom. The molecule has 0 aliphatic carbocycles. The summed E-state index contributed by atoms with van der Waals surface area (Å²) in [6.07, 6.45) is 0.175. The number of carbonyl (C=O) groups is 2. The molecule has 2 N–H and O–H groups in total. The summed E-state index contributed by atoms with van der Waals surface area (Å²) < 4.78 is 10.9. The minimum absolute atomic E-state index is 0.175. The van der Waals surface area contributed by atoms with Crippen LogP contribution in [0.4, 0.5) is 0 Å². The molecule has 24 heavy (non-hydrogen) atoms. The van der Waals surface area contributed by atoms with Gasteiger partial charge in [-0.15, -0.1) is 0 Å². The van der Waals surface area contributed by atoms with E-state index in [0.29, 0.717) is 10.8 Å². The molecule has 6 nitrogen and oxygen atoms in total. The van der Waals surface area contributed by atoms with Crippen LogP contribution in [0.5, 0.6) is 5.75 Å². The minimum atomic E-state index is -1.11. The zero-order valence-electron chi connectivity index (χ0n) is 14.4. The Morgan fingerprint density at radius 3 is 2.58 bits per heavy atom. The van der Waals surface area contributed by atoms with Gasteiger partial charge in [0.25, 0.3) is 5.91 Å². The number of aliphatic carboxylic acids is 1. The zero-order valence-corrected chi connectivity index (χ0v) is 15.1. The molecule has 0 spiro atoms. The smallest absolute Gasteiger partial charge is 0.326 e. The first-order valence-corrected chi connectivity index (χ1v) is 8.02.